The third-order valence-electron chi connectivity index (χ3n) is 3.42. The predicted molar refractivity (Wildman–Crippen MR) is 89.0 cm³/mol. The van der Waals surface area contributed by atoms with Gasteiger partial charge in [0.2, 0.25) is 17.8 Å². The van der Waals surface area contributed by atoms with E-state index in [2.05, 4.69) is 20.9 Å². The summed E-state index contributed by atoms with van der Waals surface area (Å²) in [6.45, 7) is 0. The van der Waals surface area contributed by atoms with Crippen LogP contribution in [0.4, 0.5) is 20.2 Å². The van der Waals surface area contributed by atoms with Gasteiger partial charge in [-0.25, -0.2) is 13.8 Å². The lowest BCUT2D eigenvalue weighted by Crippen LogP contribution is -2.45. The van der Waals surface area contributed by atoms with Crippen molar-refractivity contribution in [3.63, 3.8) is 0 Å². The molecule has 0 bridgehead atoms. The van der Waals surface area contributed by atoms with E-state index in [9.17, 15) is 18.4 Å². The van der Waals surface area contributed by atoms with Gasteiger partial charge in [-0.15, -0.1) is 0 Å². The van der Waals surface area contributed by atoms with E-state index in [-0.39, 0.29) is 24.0 Å². The minimum atomic E-state index is -0.958. The Morgan fingerprint density at radius 2 is 1.84 bits per heavy atom. The Morgan fingerprint density at radius 3 is 2.56 bits per heavy atom. The standard InChI is InChI=1S/C17H14F2N4O2/c18-10-4-6-12(7-5-10)21-17-22-14(9-15(24)23-17)16(25)20-13-3-1-2-11(19)8-13/h1-8,14H,9H2,(H,20,25)(H2,21,22,23,24)/t14-/m1/s1. The summed E-state index contributed by atoms with van der Waals surface area (Å²) in [6, 6.07) is 9.91. The van der Waals surface area contributed by atoms with Crippen LogP contribution in [0.1, 0.15) is 6.42 Å². The summed E-state index contributed by atoms with van der Waals surface area (Å²) in [5, 5.41) is 7.83. The van der Waals surface area contributed by atoms with Crippen LogP contribution in [0.5, 0.6) is 0 Å². The number of benzene rings is 2. The average molecular weight is 344 g/mol. The predicted octanol–water partition coefficient (Wildman–Crippen LogP) is 2.26. The molecule has 0 unspecified atom stereocenters. The molecule has 2 aromatic carbocycles. The first-order valence-corrected chi connectivity index (χ1v) is 7.46. The SMILES string of the molecule is O=C1C[C@H](C(=O)Nc2cccc(F)c2)N=C(Nc2ccc(F)cc2)N1. The van der Waals surface area contributed by atoms with E-state index in [1.165, 1.54) is 48.5 Å². The van der Waals surface area contributed by atoms with E-state index < -0.39 is 23.6 Å². The molecule has 6 nitrogen and oxygen atoms in total. The van der Waals surface area contributed by atoms with Crippen LogP contribution < -0.4 is 16.0 Å². The van der Waals surface area contributed by atoms with Crippen LogP contribution in [-0.4, -0.2) is 23.8 Å². The van der Waals surface area contributed by atoms with Crippen molar-refractivity contribution >= 4 is 29.1 Å². The van der Waals surface area contributed by atoms with E-state index in [0.29, 0.717) is 5.69 Å². The Morgan fingerprint density at radius 1 is 1.08 bits per heavy atom. The van der Waals surface area contributed by atoms with Crippen molar-refractivity contribution in [1.29, 1.82) is 0 Å². The summed E-state index contributed by atoms with van der Waals surface area (Å²) >= 11 is 0. The molecule has 0 spiro atoms. The second kappa shape index (κ2) is 7.08. The minimum absolute atomic E-state index is 0.0854. The topological polar surface area (TPSA) is 82.6 Å². The van der Waals surface area contributed by atoms with Gasteiger partial charge < -0.3 is 10.6 Å². The lowest BCUT2D eigenvalue weighted by Gasteiger charge is -2.21. The number of halogens is 2. The first kappa shape index (κ1) is 16.6. The number of amides is 2. The molecule has 2 amide bonds. The van der Waals surface area contributed by atoms with Crippen LogP contribution in [0.25, 0.3) is 0 Å². The quantitative estimate of drug-likeness (QED) is 0.799. The Bertz CT molecular complexity index is 837. The normalized spacial score (nSPS) is 16.6. The molecule has 2 aromatic rings. The molecule has 1 atom stereocenters. The molecule has 1 aliphatic rings. The van der Waals surface area contributed by atoms with Crippen molar-refractivity contribution in [1.82, 2.24) is 5.32 Å². The molecule has 3 rings (SSSR count). The molecule has 8 heteroatoms. The molecule has 0 saturated carbocycles. The van der Waals surface area contributed by atoms with Gasteiger partial charge in [-0.05, 0) is 42.5 Å². The van der Waals surface area contributed by atoms with E-state index in [0.717, 1.165) is 0 Å². The van der Waals surface area contributed by atoms with Crippen molar-refractivity contribution in [3.8, 4) is 0 Å². The van der Waals surface area contributed by atoms with Crippen molar-refractivity contribution < 1.29 is 18.4 Å². The van der Waals surface area contributed by atoms with Crippen molar-refractivity contribution in [2.75, 3.05) is 10.6 Å². The number of rotatable bonds is 3. The Kier molecular flexibility index (Phi) is 4.69. The van der Waals surface area contributed by atoms with Gasteiger partial charge >= 0.3 is 0 Å². The number of anilines is 2. The van der Waals surface area contributed by atoms with Crippen molar-refractivity contribution in [2.45, 2.75) is 12.5 Å². The summed E-state index contributed by atoms with van der Waals surface area (Å²) in [6.07, 6.45) is -0.129. The van der Waals surface area contributed by atoms with Gasteiger partial charge in [-0.2, -0.15) is 0 Å². The van der Waals surface area contributed by atoms with Gasteiger partial charge in [0.25, 0.3) is 0 Å². The maximum Gasteiger partial charge on any atom is 0.249 e. The molecule has 3 N–H and O–H groups in total. The highest BCUT2D eigenvalue weighted by Crippen LogP contribution is 2.14. The number of nitrogens with one attached hydrogen (secondary N) is 3. The first-order chi connectivity index (χ1) is 12.0. The third-order valence-corrected chi connectivity index (χ3v) is 3.42. The second-order valence-corrected chi connectivity index (χ2v) is 5.38. The van der Waals surface area contributed by atoms with E-state index in [1.54, 1.807) is 0 Å². The minimum Gasteiger partial charge on any atom is -0.326 e. The summed E-state index contributed by atoms with van der Waals surface area (Å²) < 4.78 is 26.1. The van der Waals surface area contributed by atoms with E-state index in [1.807, 2.05) is 0 Å². The van der Waals surface area contributed by atoms with Gasteiger partial charge in [0.1, 0.15) is 17.7 Å². The van der Waals surface area contributed by atoms with Gasteiger partial charge in [0.15, 0.2) is 0 Å². The number of carbonyl (C=O) groups is 2. The van der Waals surface area contributed by atoms with Crippen LogP contribution in [-0.2, 0) is 9.59 Å². The Hall–Kier alpha value is -3.29. The van der Waals surface area contributed by atoms with Gasteiger partial charge in [-0.3, -0.25) is 14.9 Å². The summed E-state index contributed by atoms with van der Waals surface area (Å²) in [5.41, 5.74) is 0.783. The third kappa shape index (κ3) is 4.37. The zero-order chi connectivity index (χ0) is 17.8. The molecular weight excluding hydrogens is 330 g/mol. The van der Waals surface area contributed by atoms with Crippen LogP contribution in [0.3, 0.4) is 0 Å². The van der Waals surface area contributed by atoms with E-state index in [4.69, 9.17) is 0 Å². The molecule has 1 aliphatic heterocycles. The molecule has 0 saturated heterocycles. The summed E-state index contributed by atoms with van der Waals surface area (Å²) in [4.78, 5) is 28.2. The highest BCUT2D eigenvalue weighted by atomic mass is 19.1. The van der Waals surface area contributed by atoms with Crippen LogP contribution in [0.2, 0.25) is 0 Å². The molecule has 128 valence electrons. The zero-order valence-corrected chi connectivity index (χ0v) is 12.9. The van der Waals surface area contributed by atoms with Gasteiger partial charge in [0, 0.05) is 11.4 Å². The van der Waals surface area contributed by atoms with Gasteiger partial charge in [-0.1, -0.05) is 6.07 Å². The lowest BCUT2D eigenvalue weighted by molar-refractivity contribution is -0.124. The lowest BCUT2D eigenvalue weighted by atomic mass is 10.1. The fourth-order valence-corrected chi connectivity index (χ4v) is 2.27. The fraction of sp³-hybridized carbons (Fsp3) is 0.118. The Labute approximate surface area is 142 Å². The summed E-state index contributed by atoms with van der Waals surface area (Å²) in [7, 11) is 0. The first-order valence-electron chi connectivity index (χ1n) is 7.46. The monoisotopic (exact) mass is 344 g/mol. The number of hydrogen-bond acceptors (Lipinski definition) is 4. The van der Waals surface area contributed by atoms with Gasteiger partial charge in [0.05, 0.1) is 6.42 Å². The fourth-order valence-electron chi connectivity index (χ4n) is 2.27. The van der Waals surface area contributed by atoms with Crippen molar-refractivity contribution in [2.24, 2.45) is 4.99 Å². The number of hydrogen-bond donors (Lipinski definition) is 3. The van der Waals surface area contributed by atoms with Crippen LogP contribution >= 0.6 is 0 Å². The Balaban J connectivity index is 1.72. The highest BCUT2D eigenvalue weighted by molar-refractivity contribution is 6.09. The molecule has 25 heavy (non-hydrogen) atoms. The zero-order valence-electron chi connectivity index (χ0n) is 12.9. The smallest absolute Gasteiger partial charge is 0.249 e. The average Bonchev–Trinajstić information content (AvgIpc) is 2.56. The molecule has 0 radical (unpaired) electrons. The maximum atomic E-state index is 13.2. The number of aliphatic imine (C=N–C) groups is 1. The highest BCUT2D eigenvalue weighted by Gasteiger charge is 2.27. The van der Waals surface area contributed by atoms with Crippen LogP contribution in [0.15, 0.2) is 53.5 Å². The number of nitrogens with zero attached hydrogens (tertiary/aromatic N) is 1. The molecule has 0 fully saturated rings. The van der Waals surface area contributed by atoms with Crippen LogP contribution in [0, 0.1) is 11.6 Å². The van der Waals surface area contributed by atoms with Crippen molar-refractivity contribution in [3.05, 3.63) is 60.2 Å². The molecular formula is C17H14F2N4O2. The number of guanidine groups is 1. The summed E-state index contributed by atoms with van der Waals surface area (Å²) in [5.74, 6) is -1.71. The molecule has 0 aliphatic carbocycles. The number of carbonyl (C=O) groups excluding carboxylic acids is 2. The largest absolute Gasteiger partial charge is 0.326 e. The van der Waals surface area contributed by atoms with E-state index >= 15 is 0 Å². The molecule has 0 aromatic heterocycles. The second-order valence-electron chi connectivity index (χ2n) is 5.38. The maximum absolute atomic E-state index is 13.2. The molecule has 1 heterocycles.